The molecule has 0 saturated carbocycles. The van der Waals surface area contributed by atoms with Gasteiger partial charge in [0.25, 0.3) is 11.1 Å². The molecule has 15 heteroatoms. The lowest BCUT2D eigenvalue weighted by Gasteiger charge is -2.21. The molecule has 0 amide bonds. The van der Waals surface area contributed by atoms with Gasteiger partial charge in [0, 0.05) is 87.1 Å². The van der Waals surface area contributed by atoms with E-state index in [0.717, 1.165) is 55.0 Å². The molecule has 0 aliphatic carbocycles. The molecule has 3 aromatic carbocycles. The minimum atomic E-state index is -1.12. The molecule has 334 valence electrons. The molecule has 0 bridgehead atoms. The van der Waals surface area contributed by atoms with Crippen molar-refractivity contribution in [2.24, 2.45) is 7.05 Å². The number of carboxylic acid groups (broad SMARTS) is 1. The first-order chi connectivity index (χ1) is 33.1. The number of thiophene rings is 1. The van der Waals surface area contributed by atoms with E-state index in [1.807, 2.05) is 130 Å². The van der Waals surface area contributed by atoms with Crippen molar-refractivity contribution in [3.8, 4) is 22.5 Å². The largest absolute Gasteiger partial charge is 0.478 e. The highest BCUT2D eigenvalue weighted by molar-refractivity contribution is 7.17. The SMILES string of the molecule is C[C@H](Cc1nccc2cccnc12)c1cc2cccc(C(=O)O)c2c(=O)n1-c1ccccc1.C[C@H](Nc1ncnc2cccnc12)c1cc2scc(-c3cnn(C)c3)c2c(=O)n1-c1ccccc1. The average Bonchev–Trinajstić information content (AvgIpc) is 4.01. The van der Waals surface area contributed by atoms with Gasteiger partial charge >= 0.3 is 5.97 Å². The lowest BCUT2D eigenvalue weighted by Crippen LogP contribution is -2.25. The number of fused-ring (bicyclic) bond motifs is 4. The fourth-order valence-electron chi connectivity index (χ4n) is 8.71. The molecule has 0 spiro atoms. The minimum Gasteiger partial charge on any atom is -0.478 e. The second-order valence-corrected chi connectivity index (χ2v) is 17.3. The second-order valence-electron chi connectivity index (χ2n) is 16.4. The Bertz CT molecular complexity index is 3780. The van der Waals surface area contributed by atoms with Crippen LogP contribution in [0.3, 0.4) is 0 Å². The maximum absolute atomic E-state index is 14.1. The van der Waals surface area contributed by atoms with Crippen LogP contribution in [0.2, 0.25) is 0 Å². The number of benzene rings is 3. The van der Waals surface area contributed by atoms with Gasteiger partial charge in [0.05, 0.1) is 45.3 Å². The first-order valence-electron chi connectivity index (χ1n) is 21.8. The van der Waals surface area contributed by atoms with Gasteiger partial charge in [-0.15, -0.1) is 11.3 Å². The summed E-state index contributed by atoms with van der Waals surface area (Å²) in [4.78, 5) is 61.9. The van der Waals surface area contributed by atoms with Gasteiger partial charge in [0.1, 0.15) is 11.8 Å². The third-order valence-corrected chi connectivity index (χ3v) is 12.8. The molecular formula is C53H42N10O4S. The summed E-state index contributed by atoms with van der Waals surface area (Å²) in [6.07, 6.45) is 11.1. The van der Waals surface area contributed by atoms with E-state index in [-0.39, 0.29) is 34.0 Å². The molecule has 0 aliphatic rings. The van der Waals surface area contributed by atoms with Crippen LogP contribution in [-0.2, 0) is 13.5 Å². The van der Waals surface area contributed by atoms with Crippen molar-refractivity contribution in [1.29, 1.82) is 0 Å². The zero-order chi connectivity index (χ0) is 46.9. The molecular weight excluding hydrogens is 873 g/mol. The number of hydrogen-bond acceptors (Lipinski definition) is 11. The molecule has 0 fully saturated rings. The van der Waals surface area contributed by atoms with Crippen molar-refractivity contribution in [1.82, 2.24) is 43.8 Å². The van der Waals surface area contributed by atoms with Crippen molar-refractivity contribution < 1.29 is 9.90 Å². The Morgan fingerprint density at radius 2 is 1.40 bits per heavy atom. The number of pyridine rings is 5. The molecule has 11 rings (SSSR count). The van der Waals surface area contributed by atoms with E-state index in [2.05, 4.69) is 41.4 Å². The quantitative estimate of drug-likeness (QED) is 0.134. The number of aromatic carboxylic acids is 1. The molecule has 68 heavy (non-hydrogen) atoms. The molecule has 14 nitrogen and oxygen atoms in total. The fourth-order valence-corrected chi connectivity index (χ4v) is 9.72. The van der Waals surface area contributed by atoms with Crippen molar-refractivity contribution in [3.05, 3.63) is 207 Å². The minimum absolute atomic E-state index is 0.00121. The number of aromatic nitrogens is 9. The van der Waals surface area contributed by atoms with E-state index >= 15 is 0 Å². The van der Waals surface area contributed by atoms with Crippen LogP contribution >= 0.6 is 11.3 Å². The summed E-state index contributed by atoms with van der Waals surface area (Å²) >= 11 is 1.56. The van der Waals surface area contributed by atoms with Gasteiger partial charge in [-0.25, -0.2) is 14.8 Å². The van der Waals surface area contributed by atoms with Crippen LogP contribution in [0.25, 0.3) is 65.3 Å². The van der Waals surface area contributed by atoms with E-state index in [1.54, 1.807) is 62.1 Å². The number of para-hydroxylation sites is 2. The van der Waals surface area contributed by atoms with Gasteiger partial charge in [-0.1, -0.05) is 61.5 Å². The van der Waals surface area contributed by atoms with Crippen LogP contribution in [0.4, 0.5) is 5.82 Å². The van der Waals surface area contributed by atoms with Gasteiger partial charge in [-0.3, -0.25) is 38.4 Å². The van der Waals surface area contributed by atoms with E-state index in [1.165, 1.54) is 12.4 Å². The average molecular weight is 915 g/mol. The zero-order valence-corrected chi connectivity index (χ0v) is 37.9. The van der Waals surface area contributed by atoms with Crippen LogP contribution in [-0.4, -0.2) is 54.9 Å². The monoisotopic (exact) mass is 914 g/mol. The number of rotatable bonds is 10. The summed E-state index contributed by atoms with van der Waals surface area (Å²) in [5, 5.41) is 22.0. The Hall–Kier alpha value is -8.69. The lowest BCUT2D eigenvalue weighted by molar-refractivity contribution is 0.0699. The molecule has 8 aromatic heterocycles. The number of nitrogens with zero attached hydrogens (tertiary/aromatic N) is 9. The Kier molecular flexibility index (Phi) is 11.6. The summed E-state index contributed by atoms with van der Waals surface area (Å²) < 4.78 is 6.08. The Labute approximate surface area is 392 Å². The normalized spacial score (nSPS) is 12.2. The van der Waals surface area contributed by atoms with E-state index in [0.29, 0.717) is 34.2 Å². The molecule has 2 N–H and O–H groups in total. The molecule has 0 saturated heterocycles. The highest BCUT2D eigenvalue weighted by Gasteiger charge is 2.23. The van der Waals surface area contributed by atoms with Gasteiger partial charge in [-0.05, 0) is 85.5 Å². The number of nitrogens with one attached hydrogen (secondary N) is 1. The maximum atomic E-state index is 14.1. The lowest BCUT2D eigenvalue weighted by atomic mass is 9.96. The Balaban J connectivity index is 0.000000159. The summed E-state index contributed by atoms with van der Waals surface area (Å²) in [7, 11) is 1.87. The number of hydrogen-bond donors (Lipinski definition) is 2. The van der Waals surface area contributed by atoms with Crippen LogP contribution < -0.4 is 16.4 Å². The molecule has 2 atom stereocenters. The zero-order valence-electron chi connectivity index (χ0n) is 37.1. The third kappa shape index (κ3) is 8.15. The van der Waals surface area contributed by atoms with Crippen molar-refractivity contribution >= 4 is 65.9 Å². The highest BCUT2D eigenvalue weighted by atomic mass is 32.1. The topological polar surface area (TPSA) is 176 Å². The third-order valence-electron chi connectivity index (χ3n) is 11.9. The van der Waals surface area contributed by atoms with E-state index in [4.69, 9.17) is 0 Å². The standard InChI is InChI=1S/C27H21N3O3.C26H21N7OS/c1-17(15-22-25-18(12-14-28-22)8-6-13-29-25)23-16-19-7-5-11-21(27(32)33)24(19)26(31)30(23)20-9-3-2-4-10-20;1-16(31-25-24-20(28-15-29-25)9-6-10-27-24)21-11-22-23(19(14-35-22)17-12-30-32(2)13-17)26(34)33(21)18-7-4-3-5-8-18/h2-14,16-17H,15H2,1H3,(H,32,33);3-16H,1-2H3,(H,28,29,31)/t17-;16-/m10/s1. The van der Waals surface area contributed by atoms with Crippen LogP contribution in [0.1, 0.15) is 53.2 Å². The number of carboxylic acids is 1. The van der Waals surface area contributed by atoms with Crippen LogP contribution in [0.15, 0.2) is 174 Å². The van der Waals surface area contributed by atoms with Gasteiger partial charge < -0.3 is 10.4 Å². The van der Waals surface area contributed by atoms with Crippen LogP contribution in [0.5, 0.6) is 0 Å². The summed E-state index contributed by atoms with van der Waals surface area (Å²) in [6, 6.07) is 37.3. The summed E-state index contributed by atoms with van der Waals surface area (Å²) in [5.41, 5.74) is 7.66. The second kappa shape index (κ2) is 18.3. The molecule has 8 heterocycles. The molecule has 0 aliphatic heterocycles. The Morgan fingerprint density at radius 3 is 2.12 bits per heavy atom. The smallest absolute Gasteiger partial charge is 0.336 e. The van der Waals surface area contributed by atoms with Crippen molar-refractivity contribution in [2.75, 3.05) is 5.32 Å². The van der Waals surface area contributed by atoms with E-state index in [9.17, 15) is 19.5 Å². The van der Waals surface area contributed by atoms with Gasteiger partial charge in [-0.2, -0.15) is 5.10 Å². The number of carbonyl (C=O) groups is 1. The molecule has 0 radical (unpaired) electrons. The Morgan fingerprint density at radius 1 is 0.706 bits per heavy atom. The van der Waals surface area contributed by atoms with E-state index < -0.39 is 5.97 Å². The van der Waals surface area contributed by atoms with Gasteiger partial charge in [0.2, 0.25) is 0 Å². The number of anilines is 1. The summed E-state index contributed by atoms with van der Waals surface area (Å²) in [6.45, 7) is 4.07. The van der Waals surface area contributed by atoms with Crippen molar-refractivity contribution in [3.63, 3.8) is 0 Å². The number of aryl methyl sites for hydroxylation is 1. The van der Waals surface area contributed by atoms with Crippen LogP contribution in [0, 0.1) is 0 Å². The highest BCUT2D eigenvalue weighted by Crippen LogP contribution is 2.35. The summed E-state index contributed by atoms with van der Waals surface area (Å²) in [5.74, 6) is -0.586. The van der Waals surface area contributed by atoms with Gasteiger partial charge in [0.15, 0.2) is 5.82 Å². The van der Waals surface area contributed by atoms with Crippen molar-refractivity contribution in [2.45, 2.75) is 32.2 Å². The predicted octanol–water partition coefficient (Wildman–Crippen LogP) is 9.94. The predicted molar refractivity (Wildman–Crippen MR) is 267 cm³/mol. The first kappa shape index (κ1) is 43.2. The maximum Gasteiger partial charge on any atom is 0.336 e. The fraction of sp³-hybridized carbons (Fsp3) is 0.113. The molecule has 0 unspecified atom stereocenters. The first-order valence-corrected chi connectivity index (χ1v) is 22.7. The molecule has 11 aromatic rings.